The van der Waals surface area contributed by atoms with E-state index in [4.69, 9.17) is 9.84 Å². The second-order valence-corrected chi connectivity index (χ2v) is 6.12. The van der Waals surface area contributed by atoms with Gasteiger partial charge in [-0.25, -0.2) is 4.68 Å². The third-order valence-corrected chi connectivity index (χ3v) is 4.17. The SMILES string of the molecule is Cc1cccc(-n2nnc(C(=O)N3CCOC(CC(=O)O)C3)c2C)c1. The van der Waals surface area contributed by atoms with Gasteiger partial charge in [-0.05, 0) is 31.5 Å². The normalized spacial score (nSPS) is 17.5. The van der Waals surface area contributed by atoms with Gasteiger partial charge in [0.1, 0.15) is 0 Å². The van der Waals surface area contributed by atoms with Crippen molar-refractivity contribution in [3.8, 4) is 5.69 Å². The van der Waals surface area contributed by atoms with Gasteiger partial charge in [-0.3, -0.25) is 9.59 Å². The summed E-state index contributed by atoms with van der Waals surface area (Å²) in [6.45, 7) is 4.74. The van der Waals surface area contributed by atoms with E-state index in [-0.39, 0.29) is 24.6 Å². The molecule has 2 aromatic rings. The van der Waals surface area contributed by atoms with Crippen molar-refractivity contribution in [3.63, 3.8) is 0 Å². The van der Waals surface area contributed by atoms with Crippen molar-refractivity contribution in [2.45, 2.75) is 26.4 Å². The molecule has 0 saturated carbocycles. The van der Waals surface area contributed by atoms with Crippen molar-refractivity contribution in [2.75, 3.05) is 19.7 Å². The Balaban J connectivity index is 1.80. The van der Waals surface area contributed by atoms with Gasteiger partial charge in [0.05, 0.1) is 30.5 Å². The number of carboxylic acids is 1. The van der Waals surface area contributed by atoms with Crippen LogP contribution in [0.1, 0.15) is 28.2 Å². The van der Waals surface area contributed by atoms with E-state index in [9.17, 15) is 9.59 Å². The summed E-state index contributed by atoms with van der Waals surface area (Å²) in [6, 6.07) is 7.78. The van der Waals surface area contributed by atoms with E-state index in [1.54, 1.807) is 16.5 Å². The van der Waals surface area contributed by atoms with Gasteiger partial charge < -0.3 is 14.7 Å². The monoisotopic (exact) mass is 344 g/mol. The number of amides is 1. The van der Waals surface area contributed by atoms with Crippen LogP contribution < -0.4 is 0 Å². The molecule has 25 heavy (non-hydrogen) atoms. The molecule has 1 aromatic heterocycles. The van der Waals surface area contributed by atoms with Crippen molar-refractivity contribution in [3.05, 3.63) is 41.2 Å². The topological polar surface area (TPSA) is 97.5 Å². The molecule has 132 valence electrons. The number of aliphatic carboxylic acids is 1. The Labute approximate surface area is 145 Å². The molecule has 8 heteroatoms. The van der Waals surface area contributed by atoms with Crippen molar-refractivity contribution in [2.24, 2.45) is 0 Å². The highest BCUT2D eigenvalue weighted by Gasteiger charge is 2.29. The number of ether oxygens (including phenoxy) is 1. The van der Waals surface area contributed by atoms with Gasteiger partial charge in [0.25, 0.3) is 5.91 Å². The van der Waals surface area contributed by atoms with E-state index in [0.717, 1.165) is 11.3 Å². The summed E-state index contributed by atoms with van der Waals surface area (Å²) in [7, 11) is 0. The van der Waals surface area contributed by atoms with Gasteiger partial charge in [0.2, 0.25) is 0 Å². The van der Waals surface area contributed by atoms with Crippen LogP contribution in [-0.4, -0.2) is 62.7 Å². The fourth-order valence-corrected chi connectivity index (χ4v) is 2.90. The maximum Gasteiger partial charge on any atom is 0.306 e. The number of benzene rings is 1. The maximum atomic E-state index is 12.8. The van der Waals surface area contributed by atoms with Gasteiger partial charge in [-0.15, -0.1) is 5.10 Å². The smallest absolute Gasteiger partial charge is 0.306 e. The van der Waals surface area contributed by atoms with Gasteiger partial charge in [0.15, 0.2) is 5.69 Å². The quantitative estimate of drug-likeness (QED) is 0.895. The number of rotatable bonds is 4. The third-order valence-electron chi connectivity index (χ3n) is 4.17. The Morgan fingerprint density at radius 3 is 2.88 bits per heavy atom. The van der Waals surface area contributed by atoms with E-state index in [1.165, 1.54) is 0 Å². The van der Waals surface area contributed by atoms with E-state index in [2.05, 4.69) is 10.3 Å². The molecule has 0 spiro atoms. The van der Waals surface area contributed by atoms with Crippen LogP contribution in [0.3, 0.4) is 0 Å². The first-order valence-electron chi connectivity index (χ1n) is 8.07. The minimum absolute atomic E-state index is 0.126. The highest BCUT2D eigenvalue weighted by atomic mass is 16.5. The Morgan fingerprint density at radius 1 is 1.36 bits per heavy atom. The molecule has 0 aliphatic carbocycles. The summed E-state index contributed by atoms with van der Waals surface area (Å²) in [6.07, 6.45) is -0.624. The Hall–Kier alpha value is -2.74. The average molecular weight is 344 g/mol. The standard InChI is InChI=1S/C17H20N4O4/c1-11-4-3-5-13(8-11)21-12(2)16(18-19-21)17(24)20-6-7-25-14(10-20)9-15(22)23/h3-5,8,14H,6-7,9-10H2,1-2H3,(H,22,23). The molecule has 1 aromatic carbocycles. The highest BCUT2D eigenvalue weighted by molar-refractivity contribution is 5.93. The molecule has 1 amide bonds. The zero-order valence-electron chi connectivity index (χ0n) is 14.2. The second-order valence-electron chi connectivity index (χ2n) is 6.12. The molecule has 1 fully saturated rings. The molecular formula is C17H20N4O4. The minimum Gasteiger partial charge on any atom is -0.481 e. The van der Waals surface area contributed by atoms with Crippen molar-refractivity contribution in [1.82, 2.24) is 19.9 Å². The molecule has 1 aliphatic rings. The number of carbonyl (C=O) groups is 2. The molecule has 8 nitrogen and oxygen atoms in total. The molecule has 1 atom stereocenters. The zero-order chi connectivity index (χ0) is 18.0. The predicted molar refractivity (Wildman–Crippen MR) is 88.7 cm³/mol. The lowest BCUT2D eigenvalue weighted by atomic mass is 10.2. The Bertz CT molecular complexity index is 802. The number of hydrogen-bond donors (Lipinski definition) is 1. The van der Waals surface area contributed by atoms with E-state index in [0.29, 0.717) is 18.8 Å². The van der Waals surface area contributed by atoms with Crippen molar-refractivity contribution >= 4 is 11.9 Å². The van der Waals surface area contributed by atoms with Crippen LogP contribution in [0.2, 0.25) is 0 Å². The predicted octanol–water partition coefficient (Wildman–Crippen LogP) is 1.20. The molecule has 0 radical (unpaired) electrons. The first-order chi connectivity index (χ1) is 12.0. The first kappa shape index (κ1) is 17.1. The summed E-state index contributed by atoms with van der Waals surface area (Å²) in [5, 5.41) is 17.0. The molecule has 0 bridgehead atoms. The summed E-state index contributed by atoms with van der Waals surface area (Å²) in [4.78, 5) is 25.2. The average Bonchev–Trinajstić information content (AvgIpc) is 2.95. The van der Waals surface area contributed by atoms with Gasteiger partial charge in [0, 0.05) is 13.1 Å². The first-order valence-corrected chi connectivity index (χ1v) is 8.07. The lowest BCUT2D eigenvalue weighted by molar-refractivity contribution is -0.141. The van der Waals surface area contributed by atoms with Gasteiger partial charge >= 0.3 is 5.97 Å². The molecule has 3 rings (SSSR count). The zero-order valence-corrected chi connectivity index (χ0v) is 14.2. The van der Waals surface area contributed by atoms with E-state index >= 15 is 0 Å². The number of carbonyl (C=O) groups excluding carboxylic acids is 1. The molecule has 2 heterocycles. The number of morpholine rings is 1. The second kappa shape index (κ2) is 7.02. The highest BCUT2D eigenvalue weighted by Crippen LogP contribution is 2.17. The third kappa shape index (κ3) is 3.69. The van der Waals surface area contributed by atoms with Gasteiger partial charge in [-0.2, -0.15) is 0 Å². The number of aromatic nitrogens is 3. The van der Waals surface area contributed by atoms with Crippen LogP contribution in [-0.2, 0) is 9.53 Å². The number of carboxylic acid groups (broad SMARTS) is 1. The Kier molecular flexibility index (Phi) is 4.80. The fraction of sp³-hybridized carbons (Fsp3) is 0.412. The van der Waals surface area contributed by atoms with Crippen LogP contribution in [0, 0.1) is 13.8 Å². The molecule has 1 N–H and O–H groups in total. The van der Waals surface area contributed by atoms with Crippen LogP contribution >= 0.6 is 0 Å². The van der Waals surface area contributed by atoms with E-state index in [1.807, 2.05) is 31.2 Å². The molecule has 1 unspecified atom stereocenters. The fourth-order valence-electron chi connectivity index (χ4n) is 2.90. The summed E-state index contributed by atoms with van der Waals surface area (Å²) < 4.78 is 7.04. The maximum absolute atomic E-state index is 12.8. The van der Waals surface area contributed by atoms with Crippen molar-refractivity contribution < 1.29 is 19.4 Å². The summed E-state index contributed by atoms with van der Waals surface area (Å²) in [5.74, 6) is -1.20. The summed E-state index contributed by atoms with van der Waals surface area (Å²) in [5.41, 5.74) is 2.86. The van der Waals surface area contributed by atoms with Gasteiger partial charge in [-0.1, -0.05) is 17.3 Å². The Morgan fingerprint density at radius 2 is 2.16 bits per heavy atom. The molecule has 1 aliphatic heterocycles. The summed E-state index contributed by atoms with van der Waals surface area (Å²) >= 11 is 0. The van der Waals surface area contributed by atoms with Crippen LogP contribution in [0.4, 0.5) is 0 Å². The molecule has 1 saturated heterocycles. The van der Waals surface area contributed by atoms with E-state index < -0.39 is 12.1 Å². The lowest BCUT2D eigenvalue weighted by Crippen LogP contribution is -2.46. The van der Waals surface area contributed by atoms with Crippen LogP contribution in [0.25, 0.3) is 5.69 Å². The van der Waals surface area contributed by atoms with Crippen LogP contribution in [0.15, 0.2) is 24.3 Å². The number of aryl methyl sites for hydroxylation is 1. The van der Waals surface area contributed by atoms with Crippen LogP contribution in [0.5, 0.6) is 0 Å². The number of hydrogen-bond acceptors (Lipinski definition) is 5. The molecular weight excluding hydrogens is 324 g/mol. The largest absolute Gasteiger partial charge is 0.481 e. The lowest BCUT2D eigenvalue weighted by Gasteiger charge is -2.31. The van der Waals surface area contributed by atoms with Crippen molar-refractivity contribution in [1.29, 1.82) is 0 Å². The minimum atomic E-state index is -0.944. The number of nitrogens with zero attached hydrogens (tertiary/aromatic N) is 4.